The van der Waals surface area contributed by atoms with Crippen molar-refractivity contribution in [2.24, 2.45) is 0 Å². The van der Waals surface area contributed by atoms with Gasteiger partial charge >= 0.3 is 0 Å². The van der Waals surface area contributed by atoms with E-state index < -0.39 is 0 Å². The maximum Gasteiger partial charge on any atom is 0.251 e. The zero-order valence-corrected chi connectivity index (χ0v) is 14.4. The molecular weight excluding hydrogens is 314 g/mol. The summed E-state index contributed by atoms with van der Waals surface area (Å²) in [5.41, 5.74) is 2.65. The Labute approximate surface area is 147 Å². The molecule has 1 amide bonds. The molecule has 0 saturated heterocycles. The van der Waals surface area contributed by atoms with Gasteiger partial charge in [-0.3, -0.25) is 9.48 Å². The Kier molecular flexibility index (Phi) is 5.09. The summed E-state index contributed by atoms with van der Waals surface area (Å²) in [6.07, 6.45) is 5.39. The lowest BCUT2D eigenvalue weighted by Gasteiger charge is -2.16. The number of benzene rings is 1. The number of anilines is 1. The normalized spacial score (nSPS) is 10.5. The third kappa shape index (κ3) is 4.23. The highest BCUT2D eigenvalue weighted by Crippen LogP contribution is 2.14. The van der Waals surface area contributed by atoms with E-state index in [1.165, 1.54) is 0 Å². The second-order valence-electron chi connectivity index (χ2n) is 5.97. The van der Waals surface area contributed by atoms with E-state index in [0.29, 0.717) is 18.7 Å². The molecule has 128 valence electrons. The second-order valence-corrected chi connectivity index (χ2v) is 5.97. The highest BCUT2D eigenvalue weighted by Gasteiger charge is 2.09. The molecule has 0 atom stereocenters. The minimum atomic E-state index is -0.101. The Bertz CT molecular complexity index is 843. The van der Waals surface area contributed by atoms with Crippen molar-refractivity contribution in [3.05, 3.63) is 77.7 Å². The summed E-state index contributed by atoms with van der Waals surface area (Å²) in [4.78, 5) is 18.8. The molecule has 1 N–H and O–H groups in total. The van der Waals surface area contributed by atoms with Gasteiger partial charge in [0.1, 0.15) is 5.82 Å². The van der Waals surface area contributed by atoms with E-state index in [1.807, 2.05) is 72.3 Å². The Morgan fingerprint density at radius 2 is 2.04 bits per heavy atom. The van der Waals surface area contributed by atoms with Gasteiger partial charge in [-0.2, -0.15) is 5.10 Å². The summed E-state index contributed by atoms with van der Waals surface area (Å²) in [5, 5.41) is 7.16. The lowest BCUT2D eigenvalue weighted by Crippen LogP contribution is -2.24. The average molecular weight is 335 g/mol. The van der Waals surface area contributed by atoms with Crippen LogP contribution in [0.2, 0.25) is 0 Å². The molecule has 3 rings (SSSR count). The molecule has 2 heterocycles. The van der Waals surface area contributed by atoms with E-state index in [-0.39, 0.29) is 5.91 Å². The van der Waals surface area contributed by atoms with Crippen molar-refractivity contribution >= 4 is 11.7 Å². The highest BCUT2D eigenvalue weighted by molar-refractivity contribution is 5.94. The number of carbonyl (C=O) groups excluding carboxylic acids is 1. The van der Waals surface area contributed by atoms with Gasteiger partial charge in [0.2, 0.25) is 0 Å². The molecule has 1 aromatic carbocycles. The third-order valence-electron chi connectivity index (χ3n) is 3.82. The maximum absolute atomic E-state index is 12.5. The molecule has 0 aliphatic rings. The molecule has 0 radical (unpaired) electrons. The second kappa shape index (κ2) is 7.61. The topological polar surface area (TPSA) is 63.1 Å². The molecule has 0 saturated carbocycles. The lowest BCUT2D eigenvalue weighted by atomic mass is 10.1. The fourth-order valence-electron chi connectivity index (χ4n) is 2.64. The van der Waals surface area contributed by atoms with Crippen LogP contribution >= 0.6 is 0 Å². The fourth-order valence-corrected chi connectivity index (χ4v) is 2.64. The van der Waals surface area contributed by atoms with Gasteiger partial charge < -0.3 is 10.2 Å². The monoisotopic (exact) mass is 335 g/mol. The highest BCUT2D eigenvalue weighted by atomic mass is 16.1. The molecule has 6 heteroatoms. The van der Waals surface area contributed by atoms with E-state index in [4.69, 9.17) is 0 Å². The molecule has 0 spiro atoms. The number of aromatic nitrogens is 3. The molecule has 0 aliphatic heterocycles. The van der Waals surface area contributed by atoms with Gasteiger partial charge in [-0.15, -0.1) is 0 Å². The molecule has 2 aromatic heterocycles. The van der Waals surface area contributed by atoms with Crippen molar-refractivity contribution in [3.63, 3.8) is 0 Å². The number of pyridine rings is 1. The van der Waals surface area contributed by atoms with Crippen LogP contribution in [0.3, 0.4) is 0 Å². The van der Waals surface area contributed by atoms with Crippen LogP contribution in [-0.4, -0.2) is 34.8 Å². The summed E-state index contributed by atoms with van der Waals surface area (Å²) in [5.74, 6) is 0.756. The smallest absolute Gasteiger partial charge is 0.251 e. The first-order valence-electron chi connectivity index (χ1n) is 8.09. The van der Waals surface area contributed by atoms with Crippen LogP contribution in [0.25, 0.3) is 0 Å². The van der Waals surface area contributed by atoms with Gasteiger partial charge in [0, 0.05) is 50.4 Å². The predicted molar refractivity (Wildman–Crippen MR) is 97.5 cm³/mol. The van der Waals surface area contributed by atoms with Gasteiger partial charge in [0.05, 0.1) is 6.54 Å². The molecule has 0 unspecified atom stereocenters. The van der Waals surface area contributed by atoms with E-state index in [1.54, 1.807) is 12.4 Å². The van der Waals surface area contributed by atoms with E-state index in [2.05, 4.69) is 15.4 Å². The largest absolute Gasteiger partial charge is 0.362 e. The maximum atomic E-state index is 12.5. The number of carbonyl (C=O) groups is 1. The average Bonchev–Trinajstić information content (AvgIpc) is 3.13. The minimum absolute atomic E-state index is 0.101. The van der Waals surface area contributed by atoms with Crippen LogP contribution in [0.5, 0.6) is 0 Å². The van der Waals surface area contributed by atoms with Crippen molar-refractivity contribution in [2.45, 2.75) is 13.1 Å². The van der Waals surface area contributed by atoms with Crippen LogP contribution in [0.15, 0.2) is 61.1 Å². The first-order valence-corrected chi connectivity index (χ1v) is 8.09. The Balaban J connectivity index is 1.68. The van der Waals surface area contributed by atoms with Gasteiger partial charge in [-0.05, 0) is 29.8 Å². The van der Waals surface area contributed by atoms with Crippen molar-refractivity contribution in [1.29, 1.82) is 0 Å². The zero-order chi connectivity index (χ0) is 17.6. The first kappa shape index (κ1) is 16.7. The van der Waals surface area contributed by atoms with Crippen LogP contribution in [0.1, 0.15) is 21.5 Å². The van der Waals surface area contributed by atoms with Crippen LogP contribution < -0.4 is 10.2 Å². The predicted octanol–water partition coefficient (Wildman–Crippen LogP) is 2.32. The van der Waals surface area contributed by atoms with Gasteiger partial charge in [-0.25, -0.2) is 4.98 Å². The number of hydrogen-bond donors (Lipinski definition) is 1. The molecule has 0 bridgehead atoms. The van der Waals surface area contributed by atoms with Crippen LogP contribution in [-0.2, 0) is 13.1 Å². The molecule has 0 aliphatic carbocycles. The lowest BCUT2D eigenvalue weighted by molar-refractivity contribution is 0.0951. The van der Waals surface area contributed by atoms with Crippen molar-refractivity contribution in [3.8, 4) is 0 Å². The molecule has 6 nitrogen and oxygen atoms in total. The Hall–Kier alpha value is -3.15. The Morgan fingerprint density at radius 3 is 2.80 bits per heavy atom. The fraction of sp³-hybridized carbons (Fsp3) is 0.211. The first-order chi connectivity index (χ1) is 12.1. The number of nitrogens with one attached hydrogen (secondary N) is 1. The standard InChI is InChI=1S/C19H21N5O/c1-23(2)18-17(8-4-9-20-18)13-21-19(25)16-7-3-6-15(12-16)14-24-11-5-10-22-24/h3-12H,13-14H2,1-2H3,(H,21,25). The van der Waals surface area contributed by atoms with Crippen molar-refractivity contribution in [1.82, 2.24) is 20.1 Å². The minimum Gasteiger partial charge on any atom is -0.362 e. The van der Waals surface area contributed by atoms with Crippen molar-refractivity contribution < 1.29 is 4.79 Å². The van der Waals surface area contributed by atoms with Crippen LogP contribution in [0, 0.1) is 0 Å². The third-order valence-corrected chi connectivity index (χ3v) is 3.82. The zero-order valence-electron chi connectivity index (χ0n) is 14.4. The molecule has 25 heavy (non-hydrogen) atoms. The summed E-state index contributed by atoms with van der Waals surface area (Å²) in [6, 6.07) is 13.3. The SMILES string of the molecule is CN(C)c1ncccc1CNC(=O)c1cccc(Cn2cccn2)c1. The molecule has 3 aromatic rings. The van der Waals surface area contributed by atoms with Gasteiger partial charge in [0.25, 0.3) is 5.91 Å². The molecule has 0 fully saturated rings. The van der Waals surface area contributed by atoms with E-state index >= 15 is 0 Å². The number of amides is 1. The quantitative estimate of drug-likeness (QED) is 0.751. The van der Waals surface area contributed by atoms with Crippen LogP contribution in [0.4, 0.5) is 5.82 Å². The Morgan fingerprint density at radius 1 is 1.16 bits per heavy atom. The van der Waals surface area contributed by atoms with Gasteiger partial charge in [0.15, 0.2) is 0 Å². The molecular formula is C19H21N5O. The van der Waals surface area contributed by atoms with Gasteiger partial charge in [-0.1, -0.05) is 18.2 Å². The number of nitrogens with zero attached hydrogens (tertiary/aromatic N) is 4. The van der Waals surface area contributed by atoms with Crippen molar-refractivity contribution in [2.75, 3.05) is 19.0 Å². The summed E-state index contributed by atoms with van der Waals surface area (Å²) in [6.45, 7) is 1.07. The number of hydrogen-bond acceptors (Lipinski definition) is 4. The summed E-state index contributed by atoms with van der Waals surface area (Å²) < 4.78 is 1.83. The van der Waals surface area contributed by atoms with E-state index in [0.717, 1.165) is 16.9 Å². The summed E-state index contributed by atoms with van der Waals surface area (Å²) in [7, 11) is 3.87. The summed E-state index contributed by atoms with van der Waals surface area (Å²) >= 11 is 0. The number of rotatable bonds is 6. The van der Waals surface area contributed by atoms with E-state index in [9.17, 15) is 4.79 Å².